The average molecular weight is 393 g/mol. The summed E-state index contributed by atoms with van der Waals surface area (Å²) in [7, 11) is 0. The fourth-order valence-corrected chi connectivity index (χ4v) is 5.61. The molecule has 0 bridgehead atoms. The molecule has 1 saturated carbocycles. The van der Waals surface area contributed by atoms with Crippen LogP contribution in [0.2, 0.25) is 0 Å². The molecule has 3 rings (SSSR count). The first-order valence-electron chi connectivity index (χ1n) is 10.7. The normalized spacial score (nSPS) is 31.3. The summed E-state index contributed by atoms with van der Waals surface area (Å²) >= 11 is 0. The number of carbonyl (C=O) groups excluding carboxylic acids is 3. The highest BCUT2D eigenvalue weighted by Crippen LogP contribution is 2.46. The molecular formula is C21H36N4O3. The molecule has 2 saturated heterocycles. The van der Waals surface area contributed by atoms with Crippen LogP contribution in [0.4, 0.5) is 4.79 Å². The second-order valence-electron chi connectivity index (χ2n) is 10.2. The molecule has 4 amide bonds. The average Bonchev–Trinajstić information content (AvgIpc) is 3.14. The smallest absolute Gasteiger partial charge is 0.325 e. The first-order chi connectivity index (χ1) is 13.1. The molecule has 2 heterocycles. The molecule has 3 aliphatic rings. The highest BCUT2D eigenvalue weighted by molar-refractivity contribution is 6.09. The van der Waals surface area contributed by atoms with Crippen LogP contribution in [0.25, 0.3) is 0 Å². The lowest BCUT2D eigenvalue weighted by Crippen LogP contribution is -2.54. The number of nitrogens with zero attached hydrogens (tertiary/aromatic N) is 2. The number of urea groups is 1. The maximum atomic E-state index is 13.1. The van der Waals surface area contributed by atoms with Crippen molar-refractivity contribution in [3.63, 3.8) is 0 Å². The van der Waals surface area contributed by atoms with Gasteiger partial charge < -0.3 is 15.5 Å². The number of likely N-dealkylation sites (tertiary alicyclic amines) is 1. The van der Waals surface area contributed by atoms with E-state index in [0.717, 1.165) is 31.0 Å². The lowest BCUT2D eigenvalue weighted by atomic mass is 9.64. The SMILES string of the molecule is CC(CNC(=O)CN1C(=O)NC2(CC(C)CC(C)(C)C2)C1=O)CN1CCCC1. The zero-order valence-corrected chi connectivity index (χ0v) is 17.8. The van der Waals surface area contributed by atoms with E-state index in [-0.39, 0.29) is 23.8 Å². The minimum absolute atomic E-state index is 0.0100. The Kier molecular flexibility index (Phi) is 6.03. The molecule has 7 nitrogen and oxygen atoms in total. The number of hydrogen-bond donors (Lipinski definition) is 2. The van der Waals surface area contributed by atoms with Gasteiger partial charge in [0, 0.05) is 13.1 Å². The Labute approximate surface area is 168 Å². The highest BCUT2D eigenvalue weighted by atomic mass is 16.2. The fraction of sp³-hybridized carbons (Fsp3) is 0.857. The minimum atomic E-state index is -0.846. The van der Waals surface area contributed by atoms with Gasteiger partial charge in [-0.1, -0.05) is 27.7 Å². The summed E-state index contributed by atoms with van der Waals surface area (Å²) < 4.78 is 0. The molecule has 2 aliphatic heterocycles. The van der Waals surface area contributed by atoms with Crippen LogP contribution >= 0.6 is 0 Å². The Morgan fingerprint density at radius 2 is 1.93 bits per heavy atom. The number of hydrogen-bond acceptors (Lipinski definition) is 4. The van der Waals surface area contributed by atoms with Crippen molar-refractivity contribution in [2.45, 2.75) is 65.3 Å². The first-order valence-corrected chi connectivity index (χ1v) is 10.7. The van der Waals surface area contributed by atoms with Gasteiger partial charge in [-0.3, -0.25) is 14.5 Å². The Hall–Kier alpha value is -1.63. The molecule has 2 N–H and O–H groups in total. The molecule has 28 heavy (non-hydrogen) atoms. The maximum absolute atomic E-state index is 13.1. The van der Waals surface area contributed by atoms with E-state index in [1.165, 1.54) is 12.8 Å². The van der Waals surface area contributed by atoms with Crippen molar-refractivity contribution in [2.24, 2.45) is 17.3 Å². The molecule has 3 unspecified atom stereocenters. The van der Waals surface area contributed by atoms with E-state index in [0.29, 0.717) is 31.2 Å². The van der Waals surface area contributed by atoms with Crippen molar-refractivity contribution < 1.29 is 14.4 Å². The lowest BCUT2D eigenvalue weighted by Gasteiger charge is -2.43. The largest absolute Gasteiger partial charge is 0.354 e. The molecule has 3 atom stereocenters. The summed E-state index contributed by atoms with van der Waals surface area (Å²) in [5, 5.41) is 5.83. The second-order valence-corrected chi connectivity index (χ2v) is 10.2. The standard InChI is InChI=1S/C21H36N4O3/c1-15-9-20(3,4)14-21(10-15)18(27)25(19(28)23-21)13-17(26)22-11-16(2)12-24-7-5-6-8-24/h15-16H,5-14H2,1-4H3,(H,22,26)(H,23,28). The number of imide groups is 1. The third-order valence-electron chi connectivity index (χ3n) is 6.34. The van der Waals surface area contributed by atoms with Crippen LogP contribution in [0.1, 0.15) is 59.8 Å². The van der Waals surface area contributed by atoms with E-state index in [1.54, 1.807) is 0 Å². The van der Waals surface area contributed by atoms with Crippen molar-refractivity contribution in [3.05, 3.63) is 0 Å². The van der Waals surface area contributed by atoms with Gasteiger partial charge in [0.25, 0.3) is 5.91 Å². The molecule has 7 heteroatoms. The third-order valence-corrected chi connectivity index (χ3v) is 6.34. The van der Waals surface area contributed by atoms with Gasteiger partial charge in [-0.25, -0.2) is 4.79 Å². The maximum Gasteiger partial charge on any atom is 0.325 e. The Morgan fingerprint density at radius 1 is 1.25 bits per heavy atom. The molecule has 0 radical (unpaired) electrons. The molecule has 0 aromatic carbocycles. The Morgan fingerprint density at radius 3 is 2.57 bits per heavy atom. The summed E-state index contributed by atoms with van der Waals surface area (Å²) in [5.74, 6) is 0.194. The highest BCUT2D eigenvalue weighted by Gasteiger charge is 2.56. The van der Waals surface area contributed by atoms with Gasteiger partial charge in [0.15, 0.2) is 0 Å². The monoisotopic (exact) mass is 392 g/mol. The predicted octanol–water partition coefficient (Wildman–Crippen LogP) is 1.97. The van der Waals surface area contributed by atoms with Crippen LogP contribution in [-0.4, -0.2) is 65.9 Å². The van der Waals surface area contributed by atoms with Crippen LogP contribution in [0.5, 0.6) is 0 Å². The van der Waals surface area contributed by atoms with E-state index in [4.69, 9.17) is 0 Å². The number of amides is 4. The van der Waals surface area contributed by atoms with Crippen LogP contribution in [0, 0.1) is 17.3 Å². The van der Waals surface area contributed by atoms with Crippen LogP contribution < -0.4 is 10.6 Å². The van der Waals surface area contributed by atoms with Gasteiger partial charge in [-0.15, -0.1) is 0 Å². The Bertz CT molecular complexity index is 629. The first kappa shape index (κ1) is 21.1. The number of rotatable bonds is 6. The summed E-state index contributed by atoms with van der Waals surface area (Å²) in [6, 6.07) is -0.435. The van der Waals surface area contributed by atoms with Gasteiger partial charge in [0.1, 0.15) is 12.1 Å². The van der Waals surface area contributed by atoms with Gasteiger partial charge in [0.05, 0.1) is 0 Å². The molecule has 0 aromatic rings. The van der Waals surface area contributed by atoms with Crippen molar-refractivity contribution in [1.29, 1.82) is 0 Å². The van der Waals surface area contributed by atoms with Crippen LogP contribution in [0.15, 0.2) is 0 Å². The zero-order chi connectivity index (χ0) is 20.5. The minimum Gasteiger partial charge on any atom is -0.354 e. The molecule has 158 valence electrons. The van der Waals surface area contributed by atoms with E-state index in [1.807, 2.05) is 0 Å². The topological polar surface area (TPSA) is 81.8 Å². The van der Waals surface area contributed by atoms with E-state index >= 15 is 0 Å². The van der Waals surface area contributed by atoms with Crippen molar-refractivity contribution >= 4 is 17.8 Å². The predicted molar refractivity (Wildman–Crippen MR) is 108 cm³/mol. The fourth-order valence-electron chi connectivity index (χ4n) is 5.61. The van der Waals surface area contributed by atoms with E-state index in [2.05, 4.69) is 43.2 Å². The van der Waals surface area contributed by atoms with Gasteiger partial charge in [-0.2, -0.15) is 0 Å². The van der Waals surface area contributed by atoms with Gasteiger partial charge >= 0.3 is 6.03 Å². The number of nitrogens with one attached hydrogen (secondary N) is 2. The van der Waals surface area contributed by atoms with Crippen LogP contribution in [-0.2, 0) is 9.59 Å². The molecule has 0 aromatic heterocycles. The second kappa shape index (κ2) is 8.01. The van der Waals surface area contributed by atoms with E-state index in [9.17, 15) is 14.4 Å². The molecule has 1 aliphatic carbocycles. The van der Waals surface area contributed by atoms with Crippen LogP contribution in [0.3, 0.4) is 0 Å². The van der Waals surface area contributed by atoms with Crippen molar-refractivity contribution in [3.8, 4) is 0 Å². The van der Waals surface area contributed by atoms with Gasteiger partial charge in [-0.05, 0) is 62.4 Å². The zero-order valence-electron chi connectivity index (χ0n) is 17.8. The third kappa shape index (κ3) is 4.67. The summed E-state index contributed by atoms with van der Waals surface area (Å²) in [5.41, 5.74) is -0.856. The van der Waals surface area contributed by atoms with Gasteiger partial charge in [0.2, 0.25) is 5.91 Å². The molecule has 1 spiro atoms. The molecular weight excluding hydrogens is 356 g/mol. The Balaban J connectivity index is 1.53. The lowest BCUT2D eigenvalue weighted by molar-refractivity contribution is -0.137. The van der Waals surface area contributed by atoms with Crippen molar-refractivity contribution in [1.82, 2.24) is 20.4 Å². The summed E-state index contributed by atoms with van der Waals surface area (Å²) in [6.07, 6.45) is 4.81. The summed E-state index contributed by atoms with van der Waals surface area (Å²) in [6.45, 7) is 12.1. The quantitative estimate of drug-likeness (QED) is 0.677. The molecule has 3 fully saturated rings. The van der Waals surface area contributed by atoms with E-state index < -0.39 is 11.6 Å². The summed E-state index contributed by atoms with van der Waals surface area (Å²) in [4.78, 5) is 41.5. The van der Waals surface area contributed by atoms with Crippen molar-refractivity contribution in [2.75, 3.05) is 32.7 Å². The number of carbonyl (C=O) groups is 3.